The number of hydrogen-bond acceptors (Lipinski definition) is 4. The summed E-state index contributed by atoms with van der Waals surface area (Å²) >= 11 is 0. The van der Waals surface area contributed by atoms with Gasteiger partial charge in [0.2, 0.25) is 5.91 Å². The molecule has 1 aliphatic carbocycles. The number of rotatable bonds is 4. The van der Waals surface area contributed by atoms with Crippen LogP contribution in [0.4, 0.5) is 0 Å². The van der Waals surface area contributed by atoms with E-state index in [9.17, 15) is 4.79 Å². The quantitative estimate of drug-likeness (QED) is 0.792. The largest absolute Gasteiger partial charge is 0.381 e. The van der Waals surface area contributed by atoms with Gasteiger partial charge in [0, 0.05) is 51.7 Å². The molecule has 3 fully saturated rings. The number of morpholine rings is 1. The van der Waals surface area contributed by atoms with Crippen LogP contribution in [0.25, 0.3) is 0 Å². The van der Waals surface area contributed by atoms with Crippen molar-refractivity contribution in [1.29, 1.82) is 0 Å². The number of hydrogen-bond donors (Lipinski definition) is 0. The minimum absolute atomic E-state index is 0.236. The zero-order valence-electron chi connectivity index (χ0n) is 14.5. The molecule has 3 rings (SSSR count). The van der Waals surface area contributed by atoms with Crippen molar-refractivity contribution in [1.82, 2.24) is 9.80 Å². The molecule has 5 heteroatoms. The number of piperidine rings is 1. The van der Waals surface area contributed by atoms with Gasteiger partial charge in [-0.1, -0.05) is 19.3 Å². The highest BCUT2D eigenvalue weighted by molar-refractivity contribution is 5.76. The highest BCUT2D eigenvalue weighted by Gasteiger charge is 2.35. The van der Waals surface area contributed by atoms with Gasteiger partial charge >= 0.3 is 0 Å². The van der Waals surface area contributed by atoms with Gasteiger partial charge in [-0.2, -0.15) is 0 Å². The monoisotopic (exact) mass is 324 g/mol. The third kappa shape index (κ3) is 4.46. The standard InChI is InChI=1S/C18H32N2O3/c1-22-17-7-8-20(16-5-3-2-4-6-16)14-15(17)13-18(21)19-9-11-23-12-10-19/h15-17H,2-14H2,1H3/t15-,17-/m1/s1. The van der Waals surface area contributed by atoms with Crippen molar-refractivity contribution in [2.75, 3.05) is 46.5 Å². The summed E-state index contributed by atoms with van der Waals surface area (Å²) in [6.45, 7) is 5.01. The van der Waals surface area contributed by atoms with Gasteiger partial charge in [0.05, 0.1) is 19.3 Å². The maximum Gasteiger partial charge on any atom is 0.223 e. The molecule has 0 unspecified atom stereocenters. The molecule has 2 saturated heterocycles. The van der Waals surface area contributed by atoms with Crippen molar-refractivity contribution in [3.05, 3.63) is 0 Å². The Kier molecular flexibility index (Phi) is 6.31. The first-order chi connectivity index (χ1) is 11.3. The summed E-state index contributed by atoms with van der Waals surface area (Å²) in [6, 6.07) is 0.738. The second-order valence-corrected chi connectivity index (χ2v) is 7.31. The molecule has 1 amide bonds. The number of carbonyl (C=O) groups is 1. The number of likely N-dealkylation sites (tertiary alicyclic amines) is 1. The Morgan fingerprint density at radius 3 is 2.52 bits per heavy atom. The summed E-state index contributed by atoms with van der Waals surface area (Å²) in [5.74, 6) is 0.622. The Labute approximate surface area is 140 Å². The van der Waals surface area contributed by atoms with E-state index in [1.54, 1.807) is 7.11 Å². The van der Waals surface area contributed by atoms with Crippen molar-refractivity contribution in [2.24, 2.45) is 5.92 Å². The number of ether oxygens (including phenoxy) is 2. The smallest absolute Gasteiger partial charge is 0.223 e. The van der Waals surface area contributed by atoms with Gasteiger partial charge in [-0.3, -0.25) is 9.69 Å². The van der Waals surface area contributed by atoms with E-state index in [1.807, 2.05) is 4.90 Å². The summed E-state index contributed by atoms with van der Waals surface area (Å²) in [5.41, 5.74) is 0. The fraction of sp³-hybridized carbons (Fsp3) is 0.944. The van der Waals surface area contributed by atoms with E-state index in [4.69, 9.17) is 9.47 Å². The van der Waals surface area contributed by atoms with E-state index < -0.39 is 0 Å². The molecule has 0 spiro atoms. The fourth-order valence-electron chi connectivity index (χ4n) is 4.49. The second kappa shape index (κ2) is 8.45. The third-order valence-corrected chi connectivity index (χ3v) is 5.89. The molecular weight excluding hydrogens is 292 g/mol. The Hall–Kier alpha value is -0.650. The topological polar surface area (TPSA) is 42.0 Å². The van der Waals surface area contributed by atoms with Gasteiger partial charge in [-0.15, -0.1) is 0 Å². The molecular formula is C18H32N2O3. The maximum atomic E-state index is 12.6. The van der Waals surface area contributed by atoms with Crippen LogP contribution in [-0.2, 0) is 14.3 Å². The van der Waals surface area contributed by atoms with Crippen LogP contribution in [0.5, 0.6) is 0 Å². The second-order valence-electron chi connectivity index (χ2n) is 7.31. The molecule has 132 valence electrons. The number of carbonyl (C=O) groups excluding carboxylic acids is 1. The zero-order chi connectivity index (χ0) is 16.1. The van der Waals surface area contributed by atoms with Gasteiger partial charge in [0.15, 0.2) is 0 Å². The summed E-state index contributed by atoms with van der Waals surface area (Å²) in [7, 11) is 1.80. The van der Waals surface area contributed by atoms with E-state index in [1.165, 1.54) is 32.1 Å². The highest BCUT2D eigenvalue weighted by Crippen LogP contribution is 2.30. The maximum absolute atomic E-state index is 12.6. The Balaban J connectivity index is 1.56. The van der Waals surface area contributed by atoms with Gasteiger partial charge in [0.25, 0.3) is 0 Å². The number of nitrogens with zero attached hydrogens (tertiary/aromatic N) is 2. The van der Waals surface area contributed by atoms with Crippen LogP contribution in [0.3, 0.4) is 0 Å². The Morgan fingerprint density at radius 1 is 1.09 bits per heavy atom. The molecule has 0 N–H and O–H groups in total. The molecule has 0 aromatic carbocycles. The van der Waals surface area contributed by atoms with Crippen molar-refractivity contribution in [3.63, 3.8) is 0 Å². The molecule has 2 heterocycles. The normalized spacial score (nSPS) is 31.3. The first kappa shape index (κ1) is 17.2. The Morgan fingerprint density at radius 2 is 1.83 bits per heavy atom. The van der Waals surface area contributed by atoms with E-state index in [2.05, 4.69) is 4.90 Å². The predicted octanol–water partition coefficient (Wildman–Crippen LogP) is 1.90. The molecule has 2 atom stereocenters. The number of methoxy groups -OCH3 is 1. The van der Waals surface area contributed by atoms with Crippen LogP contribution >= 0.6 is 0 Å². The minimum Gasteiger partial charge on any atom is -0.381 e. The zero-order valence-corrected chi connectivity index (χ0v) is 14.5. The first-order valence-corrected chi connectivity index (χ1v) is 9.40. The fourth-order valence-corrected chi connectivity index (χ4v) is 4.49. The summed E-state index contributed by atoms with van der Waals surface area (Å²) in [6.07, 6.45) is 8.72. The lowest BCUT2D eigenvalue weighted by Crippen LogP contribution is -2.50. The van der Waals surface area contributed by atoms with Crippen LogP contribution in [-0.4, -0.2) is 74.4 Å². The van der Waals surface area contributed by atoms with E-state index in [-0.39, 0.29) is 12.0 Å². The lowest BCUT2D eigenvalue weighted by Gasteiger charge is -2.43. The molecule has 1 saturated carbocycles. The molecule has 0 radical (unpaired) electrons. The van der Waals surface area contributed by atoms with Crippen molar-refractivity contribution < 1.29 is 14.3 Å². The molecule has 3 aliphatic rings. The van der Waals surface area contributed by atoms with Crippen molar-refractivity contribution in [2.45, 2.75) is 57.1 Å². The summed E-state index contributed by atoms with van der Waals surface area (Å²) in [5, 5.41) is 0. The molecule has 0 bridgehead atoms. The average molecular weight is 324 g/mol. The van der Waals surface area contributed by atoms with E-state index in [0.29, 0.717) is 25.6 Å². The van der Waals surface area contributed by atoms with Crippen LogP contribution < -0.4 is 0 Å². The van der Waals surface area contributed by atoms with Gasteiger partial charge in [-0.05, 0) is 19.3 Å². The van der Waals surface area contributed by atoms with Gasteiger partial charge in [-0.25, -0.2) is 0 Å². The lowest BCUT2D eigenvalue weighted by molar-refractivity contribution is -0.138. The van der Waals surface area contributed by atoms with Crippen molar-refractivity contribution >= 4 is 5.91 Å². The van der Waals surface area contributed by atoms with Gasteiger partial charge in [0.1, 0.15) is 0 Å². The first-order valence-electron chi connectivity index (χ1n) is 9.40. The van der Waals surface area contributed by atoms with E-state index >= 15 is 0 Å². The lowest BCUT2D eigenvalue weighted by atomic mass is 9.87. The van der Waals surface area contributed by atoms with Crippen LogP contribution in [0, 0.1) is 5.92 Å². The van der Waals surface area contributed by atoms with Crippen molar-refractivity contribution in [3.8, 4) is 0 Å². The summed E-state index contributed by atoms with van der Waals surface area (Å²) in [4.78, 5) is 17.2. The van der Waals surface area contributed by atoms with E-state index in [0.717, 1.165) is 38.6 Å². The van der Waals surface area contributed by atoms with Crippen LogP contribution in [0.1, 0.15) is 44.9 Å². The van der Waals surface area contributed by atoms with Crippen LogP contribution in [0.15, 0.2) is 0 Å². The summed E-state index contributed by atoms with van der Waals surface area (Å²) < 4.78 is 11.1. The Bertz CT molecular complexity index is 378. The molecule has 5 nitrogen and oxygen atoms in total. The average Bonchev–Trinajstić information content (AvgIpc) is 2.63. The number of amides is 1. The van der Waals surface area contributed by atoms with Crippen LogP contribution in [0.2, 0.25) is 0 Å². The third-order valence-electron chi connectivity index (χ3n) is 5.89. The molecule has 23 heavy (non-hydrogen) atoms. The predicted molar refractivity (Wildman–Crippen MR) is 89.4 cm³/mol. The highest BCUT2D eigenvalue weighted by atomic mass is 16.5. The molecule has 2 aliphatic heterocycles. The molecule has 0 aromatic rings. The molecule has 0 aromatic heterocycles. The minimum atomic E-state index is 0.236. The SMILES string of the molecule is CO[C@@H]1CCN(C2CCCCC2)C[C@H]1CC(=O)N1CCOCC1. The van der Waals surface area contributed by atoms with Gasteiger partial charge < -0.3 is 14.4 Å².